The Hall–Kier alpha value is -0.670. The van der Waals surface area contributed by atoms with Crippen LogP contribution >= 0.6 is 0 Å². The molecule has 2 rings (SSSR count). The van der Waals surface area contributed by atoms with Gasteiger partial charge in [-0.3, -0.25) is 4.99 Å². The van der Waals surface area contributed by atoms with Gasteiger partial charge in [0.25, 0.3) is 0 Å². The van der Waals surface area contributed by atoms with E-state index in [-0.39, 0.29) is 0 Å². The zero-order valence-corrected chi connectivity index (χ0v) is 7.95. The van der Waals surface area contributed by atoms with E-state index in [0.717, 1.165) is 19.5 Å². The smallest absolute Gasteiger partial charge is 0.0224 e. The van der Waals surface area contributed by atoms with Gasteiger partial charge in [0.05, 0.1) is 0 Å². The van der Waals surface area contributed by atoms with E-state index in [1.165, 1.54) is 19.6 Å². The molecule has 3 heteroatoms. The molecule has 0 amide bonds. The van der Waals surface area contributed by atoms with Crippen molar-refractivity contribution >= 4 is 6.21 Å². The van der Waals surface area contributed by atoms with E-state index >= 15 is 0 Å². The van der Waals surface area contributed by atoms with Crippen molar-refractivity contribution in [2.24, 2.45) is 10.9 Å². The number of nitrogens with one attached hydrogen (secondary N) is 1. The van der Waals surface area contributed by atoms with E-state index in [2.05, 4.69) is 27.5 Å². The summed E-state index contributed by atoms with van der Waals surface area (Å²) in [5, 5.41) is 3.36. The van der Waals surface area contributed by atoms with Crippen molar-refractivity contribution in [3.05, 3.63) is 12.3 Å². The van der Waals surface area contributed by atoms with Gasteiger partial charge in [-0.25, -0.2) is 0 Å². The van der Waals surface area contributed by atoms with Crippen molar-refractivity contribution in [3.8, 4) is 0 Å². The molecule has 0 bridgehead atoms. The zero-order chi connectivity index (χ0) is 8.93. The molecule has 0 aromatic carbocycles. The van der Waals surface area contributed by atoms with Gasteiger partial charge >= 0.3 is 0 Å². The lowest BCUT2D eigenvalue weighted by molar-refractivity contribution is 0.226. The van der Waals surface area contributed by atoms with Crippen LogP contribution in [0.1, 0.15) is 6.42 Å². The molecule has 2 aliphatic heterocycles. The number of allylic oxidation sites excluding steroid dienone is 1. The first-order valence-electron chi connectivity index (χ1n) is 5.06. The summed E-state index contributed by atoms with van der Waals surface area (Å²) in [6, 6.07) is 0. The molecule has 2 heterocycles. The summed E-state index contributed by atoms with van der Waals surface area (Å²) in [6.07, 6.45) is 7.30. The zero-order valence-electron chi connectivity index (χ0n) is 7.95. The SMILES string of the molecule is C1=CN=CC(CN2CCNCC2)C1. The van der Waals surface area contributed by atoms with E-state index in [1.807, 2.05) is 6.20 Å². The van der Waals surface area contributed by atoms with Crippen LogP contribution in [0.3, 0.4) is 0 Å². The molecule has 13 heavy (non-hydrogen) atoms. The van der Waals surface area contributed by atoms with Gasteiger partial charge in [-0.15, -0.1) is 0 Å². The summed E-state index contributed by atoms with van der Waals surface area (Å²) >= 11 is 0. The molecule has 1 N–H and O–H groups in total. The molecule has 0 aromatic rings. The number of aliphatic imine (C=N–C) groups is 1. The maximum Gasteiger partial charge on any atom is 0.0224 e. The summed E-state index contributed by atoms with van der Waals surface area (Å²) in [6.45, 7) is 5.83. The summed E-state index contributed by atoms with van der Waals surface area (Å²) in [5.41, 5.74) is 0. The molecule has 1 unspecified atom stereocenters. The molecule has 3 nitrogen and oxygen atoms in total. The Morgan fingerprint density at radius 1 is 1.38 bits per heavy atom. The summed E-state index contributed by atoms with van der Waals surface area (Å²) in [4.78, 5) is 6.70. The highest BCUT2D eigenvalue weighted by Crippen LogP contribution is 2.09. The summed E-state index contributed by atoms with van der Waals surface area (Å²) in [5.74, 6) is 0.642. The van der Waals surface area contributed by atoms with Crippen LogP contribution in [-0.4, -0.2) is 43.8 Å². The molecule has 0 aromatic heterocycles. The van der Waals surface area contributed by atoms with Gasteiger partial charge in [-0.1, -0.05) is 6.08 Å². The Balaban J connectivity index is 1.76. The van der Waals surface area contributed by atoms with Crippen LogP contribution < -0.4 is 5.32 Å². The van der Waals surface area contributed by atoms with Crippen LogP contribution in [0.5, 0.6) is 0 Å². The lowest BCUT2D eigenvalue weighted by Gasteiger charge is -2.29. The van der Waals surface area contributed by atoms with Crippen molar-refractivity contribution in [1.29, 1.82) is 0 Å². The van der Waals surface area contributed by atoms with Gasteiger partial charge in [0.15, 0.2) is 0 Å². The highest BCUT2D eigenvalue weighted by atomic mass is 15.2. The average molecular weight is 179 g/mol. The first-order valence-corrected chi connectivity index (χ1v) is 5.06. The number of hydrogen-bond donors (Lipinski definition) is 1. The number of piperazine rings is 1. The fourth-order valence-corrected chi connectivity index (χ4v) is 1.88. The molecule has 1 fully saturated rings. The van der Waals surface area contributed by atoms with Crippen molar-refractivity contribution in [1.82, 2.24) is 10.2 Å². The molecule has 1 saturated heterocycles. The minimum atomic E-state index is 0.642. The molecule has 0 saturated carbocycles. The van der Waals surface area contributed by atoms with Gasteiger partial charge < -0.3 is 10.2 Å². The number of hydrogen-bond acceptors (Lipinski definition) is 3. The topological polar surface area (TPSA) is 27.6 Å². The highest BCUT2D eigenvalue weighted by Gasteiger charge is 2.14. The predicted octanol–water partition coefficient (Wildman–Crippen LogP) is 0.496. The normalized spacial score (nSPS) is 29.4. The predicted molar refractivity (Wildman–Crippen MR) is 55.0 cm³/mol. The monoisotopic (exact) mass is 179 g/mol. The first-order chi connectivity index (χ1) is 6.45. The Bertz CT molecular complexity index is 204. The minimum Gasteiger partial charge on any atom is -0.314 e. The Morgan fingerprint density at radius 2 is 2.23 bits per heavy atom. The van der Waals surface area contributed by atoms with Gasteiger partial charge in [-0.2, -0.15) is 0 Å². The van der Waals surface area contributed by atoms with Gasteiger partial charge in [0, 0.05) is 51.1 Å². The average Bonchev–Trinajstić information content (AvgIpc) is 2.21. The van der Waals surface area contributed by atoms with Gasteiger partial charge in [0.2, 0.25) is 0 Å². The second kappa shape index (κ2) is 4.53. The van der Waals surface area contributed by atoms with E-state index in [1.54, 1.807) is 0 Å². The first kappa shape index (κ1) is 8.91. The fourth-order valence-electron chi connectivity index (χ4n) is 1.88. The standard InChI is InChI=1S/C10H17N3/c1-2-10(8-12-3-1)9-13-6-4-11-5-7-13/h1,3,8,10-11H,2,4-7,9H2. The van der Waals surface area contributed by atoms with Crippen LogP contribution in [0.15, 0.2) is 17.3 Å². The van der Waals surface area contributed by atoms with Crippen molar-refractivity contribution in [2.75, 3.05) is 32.7 Å². The summed E-state index contributed by atoms with van der Waals surface area (Å²) in [7, 11) is 0. The molecule has 72 valence electrons. The molecule has 2 aliphatic rings. The fraction of sp³-hybridized carbons (Fsp3) is 0.700. The van der Waals surface area contributed by atoms with E-state index in [0.29, 0.717) is 5.92 Å². The third-order valence-corrected chi connectivity index (χ3v) is 2.63. The maximum atomic E-state index is 4.18. The highest BCUT2D eigenvalue weighted by molar-refractivity contribution is 5.63. The molecular formula is C10H17N3. The third kappa shape index (κ3) is 2.64. The third-order valence-electron chi connectivity index (χ3n) is 2.63. The van der Waals surface area contributed by atoms with Crippen molar-refractivity contribution < 1.29 is 0 Å². The van der Waals surface area contributed by atoms with Crippen LogP contribution in [0.4, 0.5) is 0 Å². The second-order valence-corrected chi connectivity index (χ2v) is 3.73. The second-order valence-electron chi connectivity index (χ2n) is 3.73. The van der Waals surface area contributed by atoms with E-state index in [4.69, 9.17) is 0 Å². The lowest BCUT2D eigenvalue weighted by Crippen LogP contribution is -2.45. The molecule has 0 aliphatic carbocycles. The van der Waals surface area contributed by atoms with Crippen molar-refractivity contribution in [3.63, 3.8) is 0 Å². The lowest BCUT2D eigenvalue weighted by atomic mass is 10.0. The minimum absolute atomic E-state index is 0.642. The Morgan fingerprint density at radius 3 is 2.92 bits per heavy atom. The number of nitrogens with zero attached hydrogens (tertiary/aromatic N) is 2. The van der Waals surface area contributed by atoms with Gasteiger partial charge in [-0.05, 0) is 6.42 Å². The molecular weight excluding hydrogens is 162 g/mol. The quantitative estimate of drug-likeness (QED) is 0.668. The van der Waals surface area contributed by atoms with E-state index < -0.39 is 0 Å². The maximum absolute atomic E-state index is 4.18. The number of rotatable bonds is 2. The Labute approximate surface area is 79.5 Å². The molecule has 0 radical (unpaired) electrons. The van der Waals surface area contributed by atoms with Crippen LogP contribution in [0.25, 0.3) is 0 Å². The van der Waals surface area contributed by atoms with Crippen LogP contribution in [0, 0.1) is 5.92 Å². The Kier molecular flexibility index (Phi) is 3.11. The largest absolute Gasteiger partial charge is 0.314 e. The van der Waals surface area contributed by atoms with Crippen LogP contribution in [-0.2, 0) is 0 Å². The van der Waals surface area contributed by atoms with Gasteiger partial charge in [0.1, 0.15) is 0 Å². The molecule has 0 spiro atoms. The van der Waals surface area contributed by atoms with Crippen molar-refractivity contribution in [2.45, 2.75) is 6.42 Å². The molecule has 1 atom stereocenters. The summed E-state index contributed by atoms with van der Waals surface area (Å²) < 4.78 is 0. The van der Waals surface area contributed by atoms with E-state index in [9.17, 15) is 0 Å². The van der Waals surface area contributed by atoms with Crippen LogP contribution in [0.2, 0.25) is 0 Å².